The van der Waals surface area contributed by atoms with Crippen LogP contribution in [-0.2, 0) is 4.74 Å². The van der Waals surface area contributed by atoms with Crippen molar-refractivity contribution in [1.29, 1.82) is 0 Å². The topological polar surface area (TPSA) is 9.23 Å². The minimum absolute atomic E-state index is 0. The minimum atomic E-state index is 0. The van der Waals surface area contributed by atoms with Crippen LogP contribution >= 0.6 is 15.9 Å². The Hall–Kier alpha value is 3.31. The van der Waals surface area contributed by atoms with E-state index in [0.717, 1.165) is 25.0 Å². The minimum Gasteiger partial charge on any atom is -1.00 e. The summed E-state index contributed by atoms with van der Waals surface area (Å²) in [6.07, 6.45) is 4.88. The average molecular weight is 410 g/mol. The number of ether oxygens (including phenoxy) is 1. The van der Waals surface area contributed by atoms with Crippen molar-refractivity contribution in [2.45, 2.75) is 68.2 Å². The van der Waals surface area contributed by atoms with Gasteiger partial charge in [-0.05, 0) is 20.3 Å². The first-order valence-corrected chi connectivity index (χ1v) is 6.79. The molecule has 0 aliphatic carbocycles. The molecule has 0 spiro atoms. The second-order valence-corrected chi connectivity index (χ2v) is 3.47. The monoisotopic (exact) mass is 408 g/mol. The van der Waals surface area contributed by atoms with Crippen LogP contribution in [0.5, 0.6) is 0 Å². The van der Waals surface area contributed by atoms with Crippen LogP contribution in [0.25, 0.3) is 0 Å². The van der Waals surface area contributed by atoms with Gasteiger partial charge in [-0.3, -0.25) is 0 Å². The molecule has 0 N–H and O–H groups in total. The van der Waals surface area contributed by atoms with E-state index in [0.29, 0.717) is 0 Å². The average Bonchev–Trinajstić information content (AvgIpc) is 2.22. The van der Waals surface area contributed by atoms with Gasteiger partial charge in [-0.2, -0.15) is 6.42 Å². The van der Waals surface area contributed by atoms with Gasteiger partial charge >= 0.3 is 75.4 Å². The molecule has 0 unspecified atom stereocenters. The van der Waals surface area contributed by atoms with Crippen molar-refractivity contribution in [3.05, 3.63) is 6.92 Å². The second kappa shape index (κ2) is 90.7. The van der Waals surface area contributed by atoms with Gasteiger partial charge in [0.25, 0.3) is 0 Å². The van der Waals surface area contributed by atoms with Gasteiger partial charge < -0.3 is 31.5 Å². The maximum atomic E-state index is 4.83. The zero-order valence-corrected chi connectivity index (χ0v) is 18.0. The zero-order valence-electron chi connectivity index (χ0n) is 16.8. The smallest absolute Gasteiger partial charge is 1.00 e. The molecule has 0 aliphatic rings. The Labute approximate surface area is 207 Å². The molecule has 0 aromatic carbocycles. The molecular formula is C14H38Br2Li4O. The van der Waals surface area contributed by atoms with Crippen molar-refractivity contribution in [2.75, 3.05) is 18.5 Å². The van der Waals surface area contributed by atoms with Crippen LogP contribution in [0.3, 0.4) is 0 Å². The molecule has 0 aliphatic heterocycles. The molecule has 0 saturated heterocycles. The molecule has 7 heteroatoms. The first kappa shape index (κ1) is 64.5. The fraction of sp³-hybridized carbons (Fsp3) is 0.929. The summed E-state index contributed by atoms with van der Waals surface area (Å²) in [6, 6.07) is 0. The van der Waals surface area contributed by atoms with Crippen LogP contribution in [0, 0.1) is 6.92 Å². The molecule has 0 fully saturated rings. The molecule has 0 amide bonds. The maximum Gasteiger partial charge on any atom is 1.00 e. The molecule has 0 aromatic heterocycles. The third-order valence-corrected chi connectivity index (χ3v) is 1.81. The van der Waals surface area contributed by atoms with Crippen LogP contribution in [0.15, 0.2) is 0 Å². The summed E-state index contributed by atoms with van der Waals surface area (Å²) in [5.74, 6) is 0. The van der Waals surface area contributed by atoms with Gasteiger partial charge in [0.2, 0.25) is 0 Å². The van der Waals surface area contributed by atoms with E-state index in [9.17, 15) is 0 Å². The third kappa shape index (κ3) is 153. The van der Waals surface area contributed by atoms with Crippen molar-refractivity contribution < 1.29 is 100 Å². The zero-order chi connectivity index (χ0) is 11.7. The number of alkyl halides is 1. The van der Waals surface area contributed by atoms with Crippen LogP contribution < -0.4 is 92.4 Å². The number of hydrogen-bond donors (Lipinski definition) is 0. The quantitative estimate of drug-likeness (QED) is 0.249. The Morgan fingerprint density at radius 1 is 0.857 bits per heavy atom. The Balaban J connectivity index is -0.00000000663. The standard InChI is InChI=1S/C4H9Br.C4H10O.C4H9.2CH4.BrH.4Li.2H/c1-2-3-4-5;1-3-5-4-2;1-3-4-2;;;;;;;;;/h2-4H2,1H3;3-4H2,1-2H3;1,3-4H2,2H3;2*1H4;1H;;;;;;/q;;-1;;;;4*+1;2*-1/p-1. The van der Waals surface area contributed by atoms with E-state index < -0.39 is 0 Å². The molecule has 0 bridgehead atoms. The maximum absolute atomic E-state index is 4.83. The Bertz CT molecular complexity index is 74.7. The second-order valence-electron chi connectivity index (χ2n) is 2.68. The van der Waals surface area contributed by atoms with Gasteiger partial charge in [-0.1, -0.05) is 57.5 Å². The molecule has 0 atom stereocenters. The summed E-state index contributed by atoms with van der Waals surface area (Å²) in [7, 11) is 0. The number of rotatable bonds is 5. The van der Waals surface area contributed by atoms with E-state index in [4.69, 9.17) is 4.74 Å². The third-order valence-electron chi connectivity index (χ3n) is 1.25. The van der Waals surface area contributed by atoms with E-state index in [2.05, 4.69) is 36.7 Å². The summed E-state index contributed by atoms with van der Waals surface area (Å²) in [4.78, 5) is 0. The van der Waals surface area contributed by atoms with Crippen molar-refractivity contribution in [3.8, 4) is 0 Å². The normalized spacial score (nSPS) is 5.43. The van der Waals surface area contributed by atoms with Gasteiger partial charge in [0, 0.05) is 18.5 Å². The predicted octanol–water partition coefficient (Wildman–Crippen LogP) is -8.64. The summed E-state index contributed by atoms with van der Waals surface area (Å²) in [6.45, 7) is 13.6. The Morgan fingerprint density at radius 2 is 1.14 bits per heavy atom. The predicted molar refractivity (Wildman–Crippen MR) is 86.8 cm³/mol. The van der Waals surface area contributed by atoms with Crippen LogP contribution in [-0.4, -0.2) is 18.5 Å². The first-order chi connectivity index (χ1) is 6.74. The van der Waals surface area contributed by atoms with E-state index in [-0.39, 0.29) is 110 Å². The van der Waals surface area contributed by atoms with Crippen molar-refractivity contribution in [3.63, 3.8) is 0 Å². The molecule has 0 rings (SSSR count). The molecule has 118 valence electrons. The number of hydrogen-bond acceptors (Lipinski definition) is 1. The number of halogens is 2. The molecular weight excluding hydrogens is 372 g/mol. The first-order valence-electron chi connectivity index (χ1n) is 5.67. The molecule has 0 radical (unpaired) electrons. The molecule has 1 nitrogen and oxygen atoms in total. The fourth-order valence-electron chi connectivity index (χ4n) is 0.338. The van der Waals surface area contributed by atoms with E-state index in [1.165, 1.54) is 19.3 Å². The number of unbranched alkanes of at least 4 members (excludes halogenated alkanes) is 2. The van der Waals surface area contributed by atoms with Crippen molar-refractivity contribution in [2.24, 2.45) is 0 Å². The largest absolute Gasteiger partial charge is 1.00 e. The fourth-order valence-corrected chi connectivity index (χ4v) is 0.898. The summed E-state index contributed by atoms with van der Waals surface area (Å²) >= 11 is 3.31. The van der Waals surface area contributed by atoms with E-state index in [1.807, 2.05) is 13.8 Å². The molecule has 21 heavy (non-hydrogen) atoms. The van der Waals surface area contributed by atoms with E-state index in [1.54, 1.807) is 0 Å². The van der Waals surface area contributed by atoms with E-state index >= 15 is 0 Å². The van der Waals surface area contributed by atoms with Gasteiger partial charge in [0.1, 0.15) is 0 Å². The van der Waals surface area contributed by atoms with Crippen LogP contribution in [0.4, 0.5) is 0 Å². The van der Waals surface area contributed by atoms with Gasteiger partial charge in [0.15, 0.2) is 0 Å². The summed E-state index contributed by atoms with van der Waals surface area (Å²) in [5, 5.41) is 1.16. The van der Waals surface area contributed by atoms with Crippen LogP contribution in [0.2, 0.25) is 0 Å². The molecule has 0 aromatic rings. The van der Waals surface area contributed by atoms with Gasteiger partial charge in [-0.25, -0.2) is 0 Å². The Morgan fingerprint density at radius 3 is 1.14 bits per heavy atom. The molecule has 0 heterocycles. The van der Waals surface area contributed by atoms with Gasteiger partial charge in [0.05, 0.1) is 0 Å². The molecule has 0 saturated carbocycles. The summed E-state index contributed by atoms with van der Waals surface area (Å²) < 4.78 is 4.83. The van der Waals surface area contributed by atoms with Crippen molar-refractivity contribution >= 4 is 15.9 Å². The SMILES string of the molecule is C.C.CCCCBr.CCOCC.[Br-].[CH2-]CCC.[H-].[H-].[Li+].[Li+].[Li+].[Li+]. The Kier molecular flexibility index (Phi) is 279. The summed E-state index contributed by atoms with van der Waals surface area (Å²) in [5.41, 5.74) is 0. The van der Waals surface area contributed by atoms with Gasteiger partial charge in [-0.15, -0.1) is 0 Å². The van der Waals surface area contributed by atoms with Crippen LogP contribution in [0.1, 0.15) is 71.1 Å². The van der Waals surface area contributed by atoms with Crippen molar-refractivity contribution in [1.82, 2.24) is 0 Å².